The van der Waals surface area contributed by atoms with E-state index in [1.165, 1.54) is 0 Å². The van der Waals surface area contributed by atoms with E-state index in [4.69, 9.17) is 0 Å². The number of carbonyl (C=O) groups is 3. The van der Waals surface area contributed by atoms with Gasteiger partial charge in [-0.05, 0) is 17.7 Å². The minimum Gasteiger partial charge on any atom is -0.369 e. The van der Waals surface area contributed by atoms with Gasteiger partial charge in [0.15, 0.2) is 0 Å². The van der Waals surface area contributed by atoms with Crippen molar-refractivity contribution in [1.82, 2.24) is 19.7 Å². The van der Waals surface area contributed by atoms with E-state index < -0.39 is 17.8 Å². The van der Waals surface area contributed by atoms with Crippen molar-refractivity contribution in [3.05, 3.63) is 60.4 Å². The highest BCUT2D eigenvalue weighted by Gasteiger charge is 2.45. The van der Waals surface area contributed by atoms with E-state index >= 15 is 0 Å². The SMILES string of the molecule is O=C1C(=O)N(CN2CCN(c3ccncc3)CC2)C(=O)N1Cc1ccccc1. The first-order chi connectivity index (χ1) is 13.6. The number of hydrogen-bond donors (Lipinski definition) is 0. The van der Waals surface area contributed by atoms with Crippen LogP contribution in [-0.2, 0) is 16.1 Å². The first kappa shape index (κ1) is 18.1. The molecule has 2 saturated heterocycles. The topological polar surface area (TPSA) is 77.1 Å². The molecule has 28 heavy (non-hydrogen) atoms. The number of imide groups is 2. The number of piperazine rings is 1. The average Bonchev–Trinajstić information content (AvgIpc) is 2.94. The molecule has 2 fully saturated rings. The molecule has 2 aromatic rings. The van der Waals surface area contributed by atoms with E-state index in [1.54, 1.807) is 12.4 Å². The molecule has 1 aromatic carbocycles. The summed E-state index contributed by atoms with van der Waals surface area (Å²) in [5, 5.41) is 0. The molecule has 0 bridgehead atoms. The summed E-state index contributed by atoms with van der Waals surface area (Å²) in [4.78, 5) is 47.6. The van der Waals surface area contributed by atoms with Crippen molar-refractivity contribution in [1.29, 1.82) is 0 Å². The number of carbonyl (C=O) groups excluding carboxylic acids is 3. The predicted molar refractivity (Wildman–Crippen MR) is 102 cm³/mol. The van der Waals surface area contributed by atoms with Crippen LogP contribution in [0.2, 0.25) is 0 Å². The molecule has 0 atom stereocenters. The molecule has 0 radical (unpaired) electrons. The molecule has 3 heterocycles. The van der Waals surface area contributed by atoms with Gasteiger partial charge in [0.1, 0.15) is 0 Å². The quantitative estimate of drug-likeness (QED) is 0.573. The van der Waals surface area contributed by atoms with Crippen molar-refractivity contribution in [3.8, 4) is 0 Å². The molecule has 8 nitrogen and oxygen atoms in total. The summed E-state index contributed by atoms with van der Waals surface area (Å²) in [6, 6.07) is 12.6. The second-order valence-electron chi connectivity index (χ2n) is 6.84. The van der Waals surface area contributed by atoms with Gasteiger partial charge in [0.2, 0.25) is 0 Å². The van der Waals surface area contributed by atoms with Crippen LogP contribution in [0.5, 0.6) is 0 Å². The van der Waals surface area contributed by atoms with Crippen molar-refractivity contribution in [2.75, 3.05) is 37.7 Å². The van der Waals surface area contributed by atoms with Gasteiger partial charge in [-0.2, -0.15) is 0 Å². The molecule has 144 valence electrons. The van der Waals surface area contributed by atoms with Gasteiger partial charge in [0.05, 0.1) is 13.2 Å². The third-order valence-corrected chi connectivity index (χ3v) is 5.06. The van der Waals surface area contributed by atoms with Gasteiger partial charge in [-0.3, -0.25) is 24.4 Å². The van der Waals surface area contributed by atoms with Crippen molar-refractivity contribution in [2.24, 2.45) is 0 Å². The highest BCUT2D eigenvalue weighted by molar-refractivity contribution is 6.44. The number of benzene rings is 1. The normalized spacial score (nSPS) is 18.3. The Labute approximate surface area is 163 Å². The molecule has 0 N–H and O–H groups in total. The van der Waals surface area contributed by atoms with Gasteiger partial charge < -0.3 is 4.90 Å². The summed E-state index contributed by atoms with van der Waals surface area (Å²) in [6.45, 7) is 3.21. The van der Waals surface area contributed by atoms with Crippen LogP contribution in [0.15, 0.2) is 54.9 Å². The van der Waals surface area contributed by atoms with Crippen LogP contribution in [0.1, 0.15) is 5.56 Å². The van der Waals surface area contributed by atoms with E-state index in [0.29, 0.717) is 13.1 Å². The standard InChI is InChI=1S/C20H21N5O3/c26-18-19(27)25(20(28)24(18)14-16-4-2-1-3-5-16)15-22-10-12-23(13-11-22)17-6-8-21-9-7-17/h1-9H,10-15H2. The molecular weight excluding hydrogens is 358 g/mol. The van der Waals surface area contributed by atoms with Crippen LogP contribution in [0.4, 0.5) is 10.5 Å². The maximum atomic E-state index is 12.7. The molecule has 2 aliphatic heterocycles. The first-order valence-corrected chi connectivity index (χ1v) is 9.22. The zero-order valence-corrected chi connectivity index (χ0v) is 15.4. The van der Waals surface area contributed by atoms with Crippen molar-refractivity contribution < 1.29 is 14.4 Å². The van der Waals surface area contributed by atoms with E-state index in [2.05, 4.69) is 9.88 Å². The lowest BCUT2D eigenvalue weighted by Gasteiger charge is -2.37. The van der Waals surface area contributed by atoms with E-state index in [-0.39, 0.29) is 13.2 Å². The molecule has 2 aliphatic rings. The Kier molecular flexibility index (Phi) is 5.03. The molecule has 4 rings (SSSR count). The fraction of sp³-hybridized carbons (Fsp3) is 0.300. The Bertz CT molecular complexity index is 866. The van der Waals surface area contributed by atoms with E-state index in [9.17, 15) is 14.4 Å². The van der Waals surface area contributed by atoms with Gasteiger partial charge >= 0.3 is 17.8 Å². The molecule has 0 unspecified atom stereocenters. The zero-order chi connectivity index (χ0) is 19.5. The lowest BCUT2D eigenvalue weighted by Crippen LogP contribution is -2.51. The van der Waals surface area contributed by atoms with Gasteiger partial charge in [-0.25, -0.2) is 9.69 Å². The van der Waals surface area contributed by atoms with Crippen LogP contribution in [0, 0.1) is 0 Å². The van der Waals surface area contributed by atoms with Crippen LogP contribution in [-0.4, -0.2) is 70.4 Å². The fourth-order valence-corrected chi connectivity index (χ4v) is 3.48. The third kappa shape index (κ3) is 3.59. The highest BCUT2D eigenvalue weighted by atomic mass is 16.2. The number of amides is 4. The summed E-state index contributed by atoms with van der Waals surface area (Å²) in [5.74, 6) is -1.51. The fourth-order valence-electron chi connectivity index (χ4n) is 3.48. The van der Waals surface area contributed by atoms with Gasteiger partial charge in [0.25, 0.3) is 0 Å². The second kappa shape index (κ2) is 7.77. The number of nitrogens with zero attached hydrogens (tertiary/aromatic N) is 5. The molecule has 1 aromatic heterocycles. The van der Waals surface area contributed by atoms with Crippen LogP contribution >= 0.6 is 0 Å². The number of rotatable bonds is 5. The van der Waals surface area contributed by atoms with Crippen LogP contribution < -0.4 is 4.90 Å². The first-order valence-electron chi connectivity index (χ1n) is 9.22. The summed E-state index contributed by atoms with van der Waals surface area (Å²) in [6.07, 6.45) is 3.52. The molecule has 0 spiro atoms. The van der Waals surface area contributed by atoms with Gasteiger partial charge in [0, 0.05) is 44.3 Å². The molecular formula is C20H21N5O3. The Balaban J connectivity index is 1.37. The van der Waals surface area contributed by atoms with Crippen LogP contribution in [0.3, 0.4) is 0 Å². The summed E-state index contributed by atoms with van der Waals surface area (Å²) >= 11 is 0. The Morgan fingerprint density at radius 3 is 2.11 bits per heavy atom. The number of hydrogen-bond acceptors (Lipinski definition) is 6. The average molecular weight is 379 g/mol. The highest BCUT2D eigenvalue weighted by Crippen LogP contribution is 2.19. The second-order valence-corrected chi connectivity index (χ2v) is 6.84. The largest absolute Gasteiger partial charge is 0.369 e. The maximum absolute atomic E-state index is 12.7. The van der Waals surface area contributed by atoms with E-state index in [1.807, 2.05) is 47.4 Å². The molecule has 0 aliphatic carbocycles. The lowest BCUT2D eigenvalue weighted by molar-refractivity contribution is -0.144. The maximum Gasteiger partial charge on any atom is 0.335 e. The summed E-state index contributed by atoms with van der Waals surface area (Å²) in [5.41, 5.74) is 1.91. The van der Waals surface area contributed by atoms with Crippen molar-refractivity contribution in [2.45, 2.75) is 6.54 Å². The Morgan fingerprint density at radius 1 is 0.786 bits per heavy atom. The minimum atomic E-state index is -0.760. The number of pyridine rings is 1. The van der Waals surface area contributed by atoms with Crippen molar-refractivity contribution >= 4 is 23.5 Å². The van der Waals surface area contributed by atoms with Crippen molar-refractivity contribution in [3.63, 3.8) is 0 Å². The molecule has 8 heteroatoms. The van der Waals surface area contributed by atoms with E-state index in [0.717, 1.165) is 34.1 Å². The third-order valence-electron chi connectivity index (χ3n) is 5.06. The smallest absolute Gasteiger partial charge is 0.335 e. The Hall–Kier alpha value is -3.26. The lowest BCUT2D eigenvalue weighted by atomic mass is 10.2. The van der Waals surface area contributed by atoms with Gasteiger partial charge in [-0.1, -0.05) is 30.3 Å². The number of aromatic nitrogens is 1. The molecule has 0 saturated carbocycles. The number of anilines is 1. The summed E-state index contributed by atoms with van der Waals surface area (Å²) in [7, 11) is 0. The van der Waals surface area contributed by atoms with Gasteiger partial charge in [-0.15, -0.1) is 0 Å². The monoisotopic (exact) mass is 379 g/mol. The predicted octanol–water partition coefficient (Wildman–Crippen LogP) is 1.15. The Morgan fingerprint density at radius 2 is 1.43 bits per heavy atom. The molecule has 4 amide bonds. The zero-order valence-electron chi connectivity index (χ0n) is 15.4. The minimum absolute atomic E-state index is 0.108. The summed E-state index contributed by atoms with van der Waals surface area (Å²) < 4.78 is 0. The van der Waals surface area contributed by atoms with Crippen LogP contribution in [0.25, 0.3) is 0 Å². The number of urea groups is 1.